The van der Waals surface area contributed by atoms with Crippen molar-refractivity contribution in [2.24, 2.45) is 11.5 Å². The number of sulfone groups is 1. The van der Waals surface area contributed by atoms with Gasteiger partial charge in [-0.25, -0.2) is 8.42 Å². The van der Waals surface area contributed by atoms with Crippen molar-refractivity contribution >= 4 is 9.84 Å². The first kappa shape index (κ1) is 14.3. The van der Waals surface area contributed by atoms with E-state index in [1.54, 1.807) is 26.2 Å². The van der Waals surface area contributed by atoms with Crippen LogP contribution in [0.2, 0.25) is 0 Å². The molecular weight excluding hydrogens is 264 g/mol. The Balaban J connectivity index is 2.34. The Bertz CT molecular complexity index is 556. The van der Waals surface area contributed by atoms with Gasteiger partial charge in [0, 0.05) is 18.2 Å². The van der Waals surface area contributed by atoms with Crippen molar-refractivity contribution in [2.75, 3.05) is 19.4 Å². The Morgan fingerprint density at radius 2 is 1.89 bits per heavy atom. The highest BCUT2D eigenvalue weighted by Crippen LogP contribution is 2.53. The maximum absolute atomic E-state index is 12.1. The molecule has 19 heavy (non-hydrogen) atoms. The average Bonchev–Trinajstić information content (AvgIpc) is 3.07. The minimum Gasteiger partial charge on any atom is -0.497 e. The molecule has 1 aliphatic rings. The van der Waals surface area contributed by atoms with E-state index in [-0.39, 0.29) is 18.2 Å². The number of ether oxygens (including phenoxy) is 1. The van der Waals surface area contributed by atoms with Gasteiger partial charge < -0.3 is 16.2 Å². The molecule has 1 fully saturated rings. The zero-order valence-corrected chi connectivity index (χ0v) is 12.0. The lowest BCUT2D eigenvalue weighted by atomic mass is 10.1. The van der Waals surface area contributed by atoms with Crippen LogP contribution < -0.4 is 16.2 Å². The van der Waals surface area contributed by atoms with Gasteiger partial charge in [-0.05, 0) is 17.7 Å². The zero-order valence-electron chi connectivity index (χ0n) is 11.2. The second-order valence-electron chi connectivity index (χ2n) is 4.94. The standard InChI is InChI=1S/C13H20N2O3S/c1-3-19(16,17)12-11(13(12,15)8-14)9-4-6-10(18-2)7-5-9/h4-7,11-12H,3,8,14-15H2,1-2H3/t11-,12-,13-/m0/s1. The van der Waals surface area contributed by atoms with E-state index in [9.17, 15) is 8.42 Å². The van der Waals surface area contributed by atoms with Crippen LogP contribution in [0.1, 0.15) is 18.4 Å². The Labute approximate surface area is 113 Å². The third-order valence-corrected chi connectivity index (χ3v) is 6.21. The van der Waals surface area contributed by atoms with Crippen LogP contribution in [-0.2, 0) is 9.84 Å². The van der Waals surface area contributed by atoms with E-state index in [1.165, 1.54) is 0 Å². The first-order valence-corrected chi connectivity index (χ1v) is 7.96. The summed E-state index contributed by atoms with van der Waals surface area (Å²) < 4.78 is 29.3. The van der Waals surface area contributed by atoms with Crippen molar-refractivity contribution in [2.45, 2.75) is 23.6 Å². The van der Waals surface area contributed by atoms with Crippen molar-refractivity contribution < 1.29 is 13.2 Å². The lowest BCUT2D eigenvalue weighted by molar-refractivity contribution is 0.414. The van der Waals surface area contributed by atoms with Crippen LogP contribution >= 0.6 is 0 Å². The lowest BCUT2D eigenvalue weighted by Gasteiger charge is -2.08. The molecule has 0 unspecified atom stereocenters. The van der Waals surface area contributed by atoms with Crippen LogP contribution in [0, 0.1) is 0 Å². The molecule has 0 bridgehead atoms. The predicted molar refractivity (Wildman–Crippen MR) is 75.0 cm³/mol. The van der Waals surface area contributed by atoms with Gasteiger partial charge in [0.25, 0.3) is 0 Å². The number of methoxy groups -OCH3 is 1. The molecule has 0 aliphatic heterocycles. The molecular formula is C13H20N2O3S. The number of hydrogen-bond acceptors (Lipinski definition) is 5. The Hall–Kier alpha value is -1.11. The summed E-state index contributed by atoms with van der Waals surface area (Å²) in [7, 11) is -1.61. The van der Waals surface area contributed by atoms with Crippen LogP contribution in [0.4, 0.5) is 0 Å². The smallest absolute Gasteiger partial charge is 0.155 e. The molecule has 0 heterocycles. The Kier molecular flexibility index (Phi) is 3.59. The number of nitrogens with two attached hydrogens (primary N) is 2. The van der Waals surface area contributed by atoms with Crippen molar-refractivity contribution in [3.8, 4) is 5.75 Å². The first-order valence-electron chi connectivity index (χ1n) is 6.25. The van der Waals surface area contributed by atoms with Gasteiger partial charge in [-0.1, -0.05) is 19.1 Å². The molecule has 106 valence electrons. The maximum atomic E-state index is 12.1. The van der Waals surface area contributed by atoms with E-state index < -0.39 is 20.6 Å². The van der Waals surface area contributed by atoms with E-state index in [0.717, 1.165) is 11.3 Å². The fourth-order valence-electron chi connectivity index (χ4n) is 2.68. The van der Waals surface area contributed by atoms with Gasteiger partial charge in [-0.3, -0.25) is 0 Å². The number of hydrogen-bond donors (Lipinski definition) is 2. The maximum Gasteiger partial charge on any atom is 0.155 e. The summed E-state index contributed by atoms with van der Waals surface area (Å²) in [5, 5.41) is -0.580. The van der Waals surface area contributed by atoms with Gasteiger partial charge in [0.15, 0.2) is 9.84 Å². The summed E-state index contributed by atoms with van der Waals surface area (Å²) in [6.45, 7) is 1.79. The van der Waals surface area contributed by atoms with Gasteiger partial charge in [0.1, 0.15) is 5.75 Å². The summed E-state index contributed by atoms with van der Waals surface area (Å²) in [5.41, 5.74) is 11.9. The van der Waals surface area contributed by atoms with Crippen LogP contribution in [-0.4, -0.2) is 38.6 Å². The molecule has 0 saturated heterocycles. The second-order valence-corrected chi connectivity index (χ2v) is 7.35. The molecule has 3 atom stereocenters. The van der Waals surface area contributed by atoms with Crippen LogP contribution in [0.5, 0.6) is 5.75 Å². The molecule has 2 rings (SSSR count). The molecule has 6 heteroatoms. The third-order valence-electron chi connectivity index (χ3n) is 3.92. The van der Waals surface area contributed by atoms with Gasteiger partial charge in [0.2, 0.25) is 0 Å². The van der Waals surface area contributed by atoms with E-state index in [0.29, 0.717) is 0 Å². The molecule has 4 N–H and O–H groups in total. The Morgan fingerprint density at radius 3 is 2.32 bits per heavy atom. The van der Waals surface area contributed by atoms with Crippen LogP contribution in [0.25, 0.3) is 0 Å². The molecule has 1 aromatic carbocycles. The molecule has 5 nitrogen and oxygen atoms in total. The monoisotopic (exact) mass is 284 g/mol. The highest BCUT2D eigenvalue weighted by atomic mass is 32.2. The molecule has 1 saturated carbocycles. The van der Waals surface area contributed by atoms with Crippen molar-refractivity contribution in [1.82, 2.24) is 0 Å². The van der Waals surface area contributed by atoms with Crippen LogP contribution in [0.3, 0.4) is 0 Å². The normalized spacial score (nSPS) is 30.1. The van der Waals surface area contributed by atoms with Gasteiger partial charge in [-0.15, -0.1) is 0 Å². The van der Waals surface area contributed by atoms with Crippen molar-refractivity contribution in [1.29, 1.82) is 0 Å². The topological polar surface area (TPSA) is 95.4 Å². The highest BCUT2D eigenvalue weighted by molar-refractivity contribution is 7.92. The van der Waals surface area contributed by atoms with E-state index in [2.05, 4.69) is 0 Å². The van der Waals surface area contributed by atoms with Crippen molar-refractivity contribution in [3.05, 3.63) is 29.8 Å². The summed E-state index contributed by atoms with van der Waals surface area (Å²) in [6, 6.07) is 7.32. The zero-order chi connectivity index (χ0) is 14.3. The molecule has 0 radical (unpaired) electrons. The van der Waals surface area contributed by atoms with Gasteiger partial charge in [-0.2, -0.15) is 0 Å². The summed E-state index contributed by atoms with van der Waals surface area (Å²) in [5.74, 6) is 0.589. The molecule has 1 aliphatic carbocycles. The minimum absolute atomic E-state index is 0.0866. The average molecular weight is 284 g/mol. The molecule has 1 aromatic rings. The largest absolute Gasteiger partial charge is 0.497 e. The van der Waals surface area contributed by atoms with Crippen LogP contribution in [0.15, 0.2) is 24.3 Å². The minimum atomic E-state index is -3.19. The highest BCUT2D eigenvalue weighted by Gasteiger charge is 2.67. The summed E-state index contributed by atoms with van der Waals surface area (Å²) in [4.78, 5) is 0. The second kappa shape index (κ2) is 4.77. The third kappa shape index (κ3) is 2.24. The quantitative estimate of drug-likeness (QED) is 0.808. The molecule has 0 spiro atoms. The lowest BCUT2D eigenvalue weighted by Crippen LogP contribution is -2.39. The van der Waals surface area contributed by atoms with Crippen molar-refractivity contribution in [3.63, 3.8) is 0 Å². The van der Waals surface area contributed by atoms with E-state index in [4.69, 9.17) is 16.2 Å². The SMILES string of the molecule is CCS(=O)(=O)[C@H]1[C@H](c2ccc(OC)cc2)[C@@]1(N)CN. The first-order chi connectivity index (χ1) is 8.90. The van der Waals surface area contributed by atoms with Gasteiger partial charge in [0.05, 0.1) is 17.9 Å². The molecule has 0 amide bonds. The summed E-state index contributed by atoms with van der Waals surface area (Å²) >= 11 is 0. The fourth-order valence-corrected chi connectivity index (χ4v) is 4.70. The Morgan fingerprint density at radius 1 is 1.32 bits per heavy atom. The number of benzene rings is 1. The van der Waals surface area contributed by atoms with E-state index >= 15 is 0 Å². The molecule has 0 aromatic heterocycles. The van der Waals surface area contributed by atoms with E-state index in [1.807, 2.05) is 12.1 Å². The predicted octanol–water partition coefficient (Wildman–Crippen LogP) is 0.252. The fraction of sp³-hybridized carbons (Fsp3) is 0.538. The van der Waals surface area contributed by atoms with Gasteiger partial charge >= 0.3 is 0 Å². The number of rotatable bonds is 5. The summed E-state index contributed by atoms with van der Waals surface area (Å²) in [6.07, 6.45) is 0.